The molecule has 1 aromatic heterocycles. The summed E-state index contributed by atoms with van der Waals surface area (Å²) >= 11 is 22.8. The molecular weight excluding hydrogens is 336 g/mol. The van der Waals surface area contributed by atoms with Gasteiger partial charge in [0, 0.05) is 0 Å². The van der Waals surface area contributed by atoms with Crippen LogP contribution >= 0.6 is 46.4 Å². The number of ketones is 1. The van der Waals surface area contributed by atoms with E-state index in [9.17, 15) is 15.0 Å². The molecule has 19 heavy (non-hydrogen) atoms. The van der Waals surface area contributed by atoms with Crippen LogP contribution in [0.25, 0.3) is 0 Å². The molecule has 0 aliphatic rings. The summed E-state index contributed by atoms with van der Waals surface area (Å²) in [7, 11) is 0. The number of H-pyrrole nitrogens is 1. The lowest BCUT2D eigenvalue weighted by atomic mass is 10.1. The van der Waals surface area contributed by atoms with Gasteiger partial charge in [-0.15, -0.1) is 0 Å². The molecule has 0 amide bonds. The minimum Gasteiger partial charge on any atom is -0.505 e. The summed E-state index contributed by atoms with van der Waals surface area (Å²) in [6.07, 6.45) is 0. The van der Waals surface area contributed by atoms with Gasteiger partial charge in [-0.05, 0) is 12.1 Å². The molecule has 0 bridgehead atoms. The highest BCUT2D eigenvalue weighted by molar-refractivity contribution is 6.42. The van der Waals surface area contributed by atoms with Crippen LogP contribution in [0.15, 0.2) is 12.1 Å². The van der Waals surface area contributed by atoms with Crippen molar-refractivity contribution in [3.05, 3.63) is 43.6 Å². The number of phenols is 2. The maximum Gasteiger partial charge on any atom is 0.216 e. The van der Waals surface area contributed by atoms with E-state index >= 15 is 0 Å². The van der Waals surface area contributed by atoms with Crippen LogP contribution in [0.3, 0.4) is 0 Å². The smallest absolute Gasteiger partial charge is 0.216 e. The lowest BCUT2D eigenvalue weighted by Crippen LogP contribution is -2.03. The van der Waals surface area contributed by atoms with Gasteiger partial charge in [-0.1, -0.05) is 46.4 Å². The van der Waals surface area contributed by atoms with Crippen molar-refractivity contribution in [1.82, 2.24) is 4.98 Å². The molecule has 0 radical (unpaired) electrons. The summed E-state index contributed by atoms with van der Waals surface area (Å²) in [5.74, 6) is -1.89. The fourth-order valence-corrected chi connectivity index (χ4v) is 2.25. The van der Waals surface area contributed by atoms with Crippen LogP contribution in [0.5, 0.6) is 11.5 Å². The van der Waals surface area contributed by atoms with E-state index in [0.717, 1.165) is 6.07 Å². The van der Waals surface area contributed by atoms with Crippen molar-refractivity contribution < 1.29 is 15.0 Å². The second-order valence-corrected chi connectivity index (χ2v) is 5.19. The van der Waals surface area contributed by atoms with Crippen LogP contribution in [-0.4, -0.2) is 21.0 Å². The first kappa shape index (κ1) is 14.3. The normalized spacial score (nSPS) is 10.7. The maximum absolute atomic E-state index is 12.2. The van der Waals surface area contributed by atoms with E-state index in [2.05, 4.69) is 4.98 Å². The van der Waals surface area contributed by atoms with Crippen LogP contribution in [0.1, 0.15) is 16.1 Å². The fraction of sp³-hybridized carbons (Fsp3) is 0. The van der Waals surface area contributed by atoms with Gasteiger partial charge < -0.3 is 15.2 Å². The fourth-order valence-electron chi connectivity index (χ4n) is 1.48. The molecule has 2 rings (SSSR count). The highest BCUT2D eigenvalue weighted by atomic mass is 35.5. The Balaban J connectivity index is 2.62. The zero-order valence-electron chi connectivity index (χ0n) is 8.97. The summed E-state index contributed by atoms with van der Waals surface area (Å²) < 4.78 is 0. The van der Waals surface area contributed by atoms with Gasteiger partial charge in [0.25, 0.3) is 0 Å². The Hall–Kier alpha value is -1.07. The Morgan fingerprint density at radius 1 is 0.947 bits per heavy atom. The molecule has 8 heteroatoms. The average molecular weight is 341 g/mol. The molecule has 0 aliphatic heterocycles. The number of hydrogen-bond acceptors (Lipinski definition) is 3. The van der Waals surface area contributed by atoms with Gasteiger partial charge in [-0.25, -0.2) is 0 Å². The van der Waals surface area contributed by atoms with E-state index in [1.807, 2.05) is 0 Å². The van der Waals surface area contributed by atoms with Gasteiger partial charge in [0.1, 0.15) is 22.2 Å². The van der Waals surface area contributed by atoms with Crippen LogP contribution in [0.2, 0.25) is 20.2 Å². The van der Waals surface area contributed by atoms with E-state index in [0.29, 0.717) is 0 Å². The van der Waals surface area contributed by atoms with Crippen LogP contribution < -0.4 is 0 Å². The van der Waals surface area contributed by atoms with Crippen molar-refractivity contribution in [2.45, 2.75) is 0 Å². The molecule has 1 heterocycles. The third-order valence-electron chi connectivity index (χ3n) is 2.38. The highest BCUT2D eigenvalue weighted by Crippen LogP contribution is 2.41. The molecule has 0 aliphatic carbocycles. The molecule has 1 aromatic carbocycles. The van der Waals surface area contributed by atoms with Gasteiger partial charge in [-0.2, -0.15) is 0 Å². The molecule has 0 saturated heterocycles. The number of hydrogen-bond donors (Lipinski definition) is 3. The molecule has 0 spiro atoms. The maximum atomic E-state index is 12.2. The number of carbonyl (C=O) groups excluding carboxylic acids is 1. The summed E-state index contributed by atoms with van der Waals surface area (Å²) in [6, 6.07) is 2.39. The number of rotatable bonds is 2. The highest BCUT2D eigenvalue weighted by Gasteiger charge is 2.24. The topological polar surface area (TPSA) is 73.3 Å². The minimum atomic E-state index is -0.742. The Morgan fingerprint density at radius 2 is 1.47 bits per heavy atom. The second-order valence-electron chi connectivity index (χ2n) is 3.59. The number of halogens is 4. The standard InChI is InChI=1S/C11H5Cl4NO3/c12-3-1-4(13)9(18)7(8(3)17)10(19)6-2-5(14)11(15)16-6/h1-2,16-18H. The number of nitrogens with one attached hydrogen (secondary N) is 1. The zero-order valence-corrected chi connectivity index (χ0v) is 12.0. The van der Waals surface area contributed by atoms with Crippen molar-refractivity contribution in [3.8, 4) is 11.5 Å². The number of aromatic nitrogens is 1. The largest absolute Gasteiger partial charge is 0.505 e. The SMILES string of the molecule is O=C(c1cc(Cl)c(Cl)[nH]1)c1c(O)c(Cl)cc(Cl)c1O. The monoisotopic (exact) mass is 339 g/mol. The van der Waals surface area contributed by atoms with Gasteiger partial charge in [0.15, 0.2) is 0 Å². The first-order valence-corrected chi connectivity index (χ1v) is 6.32. The van der Waals surface area contributed by atoms with Crippen LogP contribution in [0, 0.1) is 0 Å². The summed E-state index contributed by atoms with van der Waals surface area (Å²) in [5, 5.41) is 19.4. The lowest BCUT2D eigenvalue weighted by molar-refractivity contribution is 0.103. The molecule has 100 valence electrons. The molecule has 3 N–H and O–H groups in total. The second kappa shape index (κ2) is 5.13. The van der Waals surface area contributed by atoms with Gasteiger partial charge >= 0.3 is 0 Å². The molecule has 0 fully saturated rings. The number of carbonyl (C=O) groups is 1. The van der Waals surface area contributed by atoms with Crippen LogP contribution in [0.4, 0.5) is 0 Å². The number of phenolic OH excluding ortho intramolecular Hbond substituents is 2. The number of aromatic amines is 1. The number of benzene rings is 1. The molecule has 0 saturated carbocycles. The van der Waals surface area contributed by atoms with Gasteiger partial charge in [-0.3, -0.25) is 4.79 Å². The Morgan fingerprint density at radius 3 is 1.89 bits per heavy atom. The van der Waals surface area contributed by atoms with Crippen molar-refractivity contribution in [3.63, 3.8) is 0 Å². The molecule has 2 aromatic rings. The average Bonchev–Trinajstić information content (AvgIpc) is 2.67. The zero-order chi connectivity index (χ0) is 14.3. The molecule has 0 unspecified atom stereocenters. The first-order valence-electron chi connectivity index (χ1n) is 4.81. The Kier molecular flexibility index (Phi) is 3.87. The van der Waals surface area contributed by atoms with E-state index in [1.165, 1.54) is 6.07 Å². The summed E-state index contributed by atoms with van der Waals surface area (Å²) in [6.45, 7) is 0. The Bertz CT molecular complexity index is 635. The predicted molar refractivity (Wildman–Crippen MR) is 74.0 cm³/mol. The van der Waals surface area contributed by atoms with Crippen molar-refractivity contribution >= 4 is 52.2 Å². The molecular formula is C11H5Cl4NO3. The Labute approximate surface area is 127 Å². The number of aromatic hydroxyl groups is 2. The van der Waals surface area contributed by atoms with Gasteiger partial charge in [0.05, 0.1) is 20.8 Å². The van der Waals surface area contributed by atoms with Crippen LogP contribution in [-0.2, 0) is 0 Å². The predicted octanol–water partition coefficient (Wildman–Crippen LogP) is 4.27. The minimum absolute atomic E-state index is 0.0149. The summed E-state index contributed by atoms with van der Waals surface area (Å²) in [4.78, 5) is 14.7. The third-order valence-corrected chi connectivity index (χ3v) is 3.65. The van der Waals surface area contributed by atoms with E-state index in [4.69, 9.17) is 46.4 Å². The van der Waals surface area contributed by atoms with Gasteiger partial charge in [0.2, 0.25) is 5.78 Å². The van der Waals surface area contributed by atoms with Crippen molar-refractivity contribution in [2.75, 3.05) is 0 Å². The van der Waals surface area contributed by atoms with E-state index in [-0.39, 0.29) is 25.9 Å². The lowest BCUT2D eigenvalue weighted by Gasteiger charge is -2.08. The molecule has 0 atom stereocenters. The quantitative estimate of drug-likeness (QED) is 0.715. The molecule has 4 nitrogen and oxygen atoms in total. The van der Waals surface area contributed by atoms with E-state index < -0.39 is 22.8 Å². The van der Waals surface area contributed by atoms with E-state index in [1.54, 1.807) is 0 Å². The van der Waals surface area contributed by atoms with Crippen molar-refractivity contribution in [2.24, 2.45) is 0 Å². The van der Waals surface area contributed by atoms with Crippen molar-refractivity contribution in [1.29, 1.82) is 0 Å². The third kappa shape index (κ3) is 2.49. The first-order chi connectivity index (χ1) is 8.82. The summed E-state index contributed by atoms with van der Waals surface area (Å²) in [5.41, 5.74) is -0.439.